The lowest BCUT2D eigenvalue weighted by Crippen LogP contribution is -2.31. The third-order valence-corrected chi connectivity index (χ3v) is 4.52. The number of aryl methyl sites for hydroxylation is 1. The molecule has 1 fully saturated rings. The number of carbonyl (C=O) groups is 2. The number of benzene rings is 1. The number of anilines is 1. The van der Waals surface area contributed by atoms with E-state index in [0.29, 0.717) is 17.4 Å². The van der Waals surface area contributed by atoms with Crippen molar-refractivity contribution in [3.63, 3.8) is 0 Å². The summed E-state index contributed by atoms with van der Waals surface area (Å²) in [7, 11) is 0. The molecule has 0 aliphatic carbocycles. The van der Waals surface area contributed by atoms with Crippen LogP contribution in [0.3, 0.4) is 0 Å². The van der Waals surface area contributed by atoms with Crippen LogP contribution in [0, 0.1) is 0 Å². The number of thioether (sulfide) groups is 1. The highest BCUT2D eigenvalue weighted by Crippen LogP contribution is 2.31. The van der Waals surface area contributed by atoms with Crippen molar-refractivity contribution in [1.82, 2.24) is 0 Å². The van der Waals surface area contributed by atoms with Gasteiger partial charge in [0.15, 0.2) is 0 Å². The van der Waals surface area contributed by atoms with E-state index in [1.54, 1.807) is 11.8 Å². The summed E-state index contributed by atoms with van der Waals surface area (Å²) in [6.45, 7) is 6.23. The van der Waals surface area contributed by atoms with E-state index in [4.69, 9.17) is 0 Å². The van der Waals surface area contributed by atoms with Crippen molar-refractivity contribution in [3.05, 3.63) is 29.8 Å². The van der Waals surface area contributed by atoms with Crippen molar-refractivity contribution < 1.29 is 9.59 Å². The molecular formula is C16H21NO2S. The zero-order chi connectivity index (χ0) is 14.7. The molecule has 0 radical (unpaired) electrons. The second kappa shape index (κ2) is 6.44. The number of hydrogen-bond acceptors (Lipinski definition) is 3. The van der Waals surface area contributed by atoms with E-state index in [1.807, 2.05) is 38.1 Å². The van der Waals surface area contributed by atoms with Gasteiger partial charge in [0.05, 0.1) is 10.9 Å². The van der Waals surface area contributed by atoms with Crippen LogP contribution in [0.15, 0.2) is 24.3 Å². The first-order chi connectivity index (χ1) is 9.52. The molecule has 0 saturated carbocycles. The molecule has 4 heteroatoms. The van der Waals surface area contributed by atoms with Gasteiger partial charge < -0.3 is 0 Å². The Morgan fingerprint density at radius 3 is 2.45 bits per heavy atom. The molecule has 1 heterocycles. The van der Waals surface area contributed by atoms with Crippen LogP contribution >= 0.6 is 11.8 Å². The van der Waals surface area contributed by atoms with Gasteiger partial charge in [-0.2, -0.15) is 0 Å². The average molecular weight is 291 g/mol. The first kappa shape index (κ1) is 15.1. The molecule has 1 aliphatic rings. The number of imide groups is 1. The molecule has 1 atom stereocenters. The Bertz CT molecular complexity index is 496. The molecule has 0 N–H and O–H groups in total. The second-order valence-corrected chi connectivity index (χ2v) is 7.15. The Balaban J connectivity index is 2.15. The summed E-state index contributed by atoms with van der Waals surface area (Å²) >= 11 is 1.57. The topological polar surface area (TPSA) is 37.4 Å². The van der Waals surface area contributed by atoms with Crippen molar-refractivity contribution >= 4 is 29.3 Å². The zero-order valence-electron chi connectivity index (χ0n) is 12.3. The van der Waals surface area contributed by atoms with Gasteiger partial charge in [0.25, 0.3) is 0 Å². The molecule has 2 amide bonds. The lowest BCUT2D eigenvalue weighted by molar-refractivity contribution is -0.121. The van der Waals surface area contributed by atoms with Crippen molar-refractivity contribution in [3.8, 4) is 0 Å². The molecule has 0 spiro atoms. The minimum atomic E-state index is -0.224. The Hall–Kier alpha value is -1.29. The van der Waals surface area contributed by atoms with E-state index >= 15 is 0 Å². The monoisotopic (exact) mass is 291 g/mol. The smallest absolute Gasteiger partial charge is 0.247 e. The van der Waals surface area contributed by atoms with Crippen LogP contribution in [0.4, 0.5) is 5.69 Å². The minimum Gasteiger partial charge on any atom is -0.274 e. The number of rotatable bonds is 5. The average Bonchev–Trinajstić information content (AvgIpc) is 2.65. The Morgan fingerprint density at radius 1 is 1.25 bits per heavy atom. The summed E-state index contributed by atoms with van der Waals surface area (Å²) in [6.07, 6.45) is 2.43. The van der Waals surface area contributed by atoms with Crippen LogP contribution in [-0.2, 0) is 16.0 Å². The molecule has 20 heavy (non-hydrogen) atoms. The maximum atomic E-state index is 12.3. The van der Waals surface area contributed by atoms with E-state index in [0.717, 1.165) is 12.8 Å². The molecule has 2 rings (SSSR count). The van der Waals surface area contributed by atoms with Crippen LogP contribution in [-0.4, -0.2) is 22.3 Å². The Kier molecular flexibility index (Phi) is 4.86. The first-order valence-electron chi connectivity index (χ1n) is 7.14. The second-order valence-electron chi connectivity index (χ2n) is 5.36. The van der Waals surface area contributed by atoms with Gasteiger partial charge in [-0.3, -0.25) is 9.59 Å². The van der Waals surface area contributed by atoms with Crippen molar-refractivity contribution in [2.24, 2.45) is 0 Å². The minimum absolute atomic E-state index is 0.0723. The normalized spacial score (nSPS) is 19.2. The van der Waals surface area contributed by atoms with E-state index < -0.39 is 0 Å². The number of amides is 2. The largest absolute Gasteiger partial charge is 0.274 e. The molecular weight excluding hydrogens is 270 g/mol. The molecule has 1 saturated heterocycles. The van der Waals surface area contributed by atoms with Crippen LogP contribution in [0.25, 0.3) is 0 Å². The van der Waals surface area contributed by atoms with E-state index in [1.165, 1.54) is 10.5 Å². The number of hydrogen-bond donors (Lipinski definition) is 0. The van der Waals surface area contributed by atoms with Gasteiger partial charge in [0.2, 0.25) is 11.8 Å². The van der Waals surface area contributed by atoms with Gasteiger partial charge in [-0.15, -0.1) is 11.8 Å². The number of carbonyl (C=O) groups excluding carboxylic acids is 2. The fourth-order valence-electron chi connectivity index (χ4n) is 2.41. The van der Waals surface area contributed by atoms with E-state index in [2.05, 4.69) is 6.92 Å². The van der Waals surface area contributed by atoms with Gasteiger partial charge in [-0.25, -0.2) is 4.90 Å². The highest BCUT2D eigenvalue weighted by Gasteiger charge is 2.40. The summed E-state index contributed by atoms with van der Waals surface area (Å²) < 4.78 is 0. The van der Waals surface area contributed by atoms with Crippen molar-refractivity contribution in [2.45, 2.75) is 50.5 Å². The lowest BCUT2D eigenvalue weighted by Gasteiger charge is -2.16. The van der Waals surface area contributed by atoms with Crippen LogP contribution < -0.4 is 4.90 Å². The molecule has 0 bridgehead atoms. The first-order valence-corrected chi connectivity index (χ1v) is 8.08. The fourth-order valence-corrected chi connectivity index (χ4v) is 3.53. The summed E-state index contributed by atoms with van der Waals surface area (Å²) in [5.74, 6) is -0.159. The van der Waals surface area contributed by atoms with Crippen molar-refractivity contribution in [1.29, 1.82) is 0 Å². The van der Waals surface area contributed by atoms with Crippen LogP contribution in [0.2, 0.25) is 0 Å². The van der Waals surface area contributed by atoms with Gasteiger partial charge >= 0.3 is 0 Å². The SMILES string of the molecule is CCCc1ccc(N2C(=O)CC(SC(C)C)C2=O)cc1. The van der Waals surface area contributed by atoms with Gasteiger partial charge in [-0.1, -0.05) is 39.3 Å². The highest BCUT2D eigenvalue weighted by molar-refractivity contribution is 8.01. The molecule has 1 aromatic rings. The Morgan fingerprint density at radius 2 is 1.90 bits per heavy atom. The zero-order valence-corrected chi connectivity index (χ0v) is 13.1. The van der Waals surface area contributed by atoms with Crippen molar-refractivity contribution in [2.75, 3.05) is 4.90 Å². The molecule has 1 aliphatic heterocycles. The molecule has 0 aromatic heterocycles. The van der Waals surface area contributed by atoms with Gasteiger partial charge in [0.1, 0.15) is 0 Å². The molecule has 3 nitrogen and oxygen atoms in total. The van der Waals surface area contributed by atoms with E-state index in [-0.39, 0.29) is 17.1 Å². The van der Waals surface area contributed by atoms with Crippen LogP contribution in [0.1, 0.15) is 39.2 Å². The summed E-state index contributed by atoms with van der Waals surface area (Å²) in [5.41, 5.74) is 1.94. The van der Waals surface area contributed by atoms with Crippen LogP contribution in [0.5, 0.6) is 0 Å². The molecule has 108 valence electrons. The standard InChI is InChI=1S/C16H21NO2S/c1-4-5-12-6-8-13(9-7-12)17-15(18)10-14(16(17)19)20-11(2)3/h6-9,11,14H,4-5,10H2,1-3H3. The van der Waals surface area contributed by atoms with E-state index in [9.17, 15) is 9.59 Å². The predicted molar refractivity (Wildman–Crippen MR) is 84.1 cm³/mol. The number of nitrogens with zero attached hydrogens (tertiary/aromatic N) is 1. The maximum Gasteiger partial charge on any atom is 0.247 e. The molecule has 1 aromatic carbocycles. The van der Waals surface area contributed by atoms with Gasteiger partial charge in [-0.05, 0) is 29.4 Å². The quantitative estimate of drug-likeness (QED) is 0.780. The third kappa shape index (κ3) is 3.23. The Labute approximate surface area is 124 Å². The predicted octanol–water partition coefficient (Wildman–Crippen LogP) is 3.41. The molecule has 1 unspecified atom stereocenters. The van der Waals surface area contributed by atoms with Gasteiger partial charge in [0, 0.05) is 6.42 Å². The maximum absolute atomic E-state index is 12.3. The fraction of sp³-hybridized carbons (Fsp3) is 0.500. The lowest BCUT2D eigenvalue weighted by atomic mass is 10.1. The third-order valence-electron chi connectivity index (χ3n) is 3.27. The summed E-state index contributed by atoms with van der Waals surface area (Å²) in [4.78, 5) is 25.8. The highest BCUT2D eigenvalue weighted by atomic mass is 32.2. The summed E-state index contributed by atoms with van der Waals surface area (Å²) in [6, 6.07) is 7.76. The summed E-state index contributed by atoms with van der Waals surface area (Å²) in [5, 5.41) is 0.126.